The summed E-state index contributed by atoms with van der Waals surface area (Å²) in [7, 11) is 1.68. The lowest BCUT2D eigenvalue weighted by Crippen LogP contribution is -2.37. The van der Waals surface area contributed by atoms with Crippen LogP contribution in [0.3, 0.4) is 0 Å². The molecule has 0 bridgehead atoms. The molecule has 2 N–H and O–H groups in total. The van der Waals surface area contributed by atoms with E-state index in [9.17, 15) is 14.0 Å². The van der Waals surface area contributed by atoms with Crippen molar-refractivity contribution in [3.63, 3.8) is 0 Å². The lowest BCUT2D eigenvalue weighted by Gasteiger charge is -2.15. The van der Waals surface area contributed by atoms with Gasteiger partial charge in [0.2, 0.25) is 5.91 Å². The minimum atomic E-state index is -0.894. The quantitative estimate of drug-likeness (QED) is 0.657. The summed E-state index contributed by atoms with van der Waals surface area (Å²) in [6.07, 6.45) is -0.00252. The van der Waals surface area contributed by atoms with E-state index in [0.29, 0.717) is 18.8 Å². The van der Waals surface area contributed by atoms with Crippen molar-refractivity contribution >= 4 is 11.9 Å². The third-order valence-electron chi connectivity index (χ3n) is 2.63. The Morgan fingerprint density at radius 1 is 1.33 bits per heavy atom. The zero-order valence-corrected chi connectivity index (χ0v) is 11.8. The van der Waals surface area contributed by atoms with Gasteiger partial charge in [0, 0.05) is 6.54 Å². The van der Waals surface area contributed by atoms with Gasteiger partial charge in [0.1, 0.15) is 18.2 Å². The fourth-order valence-electron chi connectivity index (χ4n) is 1.56. The van der Waals surface area contributed by atoms with E-state index in [1.807, 2.05) is 0 Å². The zero-order valence-electron chi connectivity index (χ0n) is 11.8. The van der Waals surface area contributed by atoms with Crippen LogP contribution in [0.5, 0.6) is 5.75 Å². The molecule has 1 aromatic rings. The van der Waals surface area contributed by atoms with Crippen LogP contribution in [0.1, 0.15) is 6.42 Å². The highest BCUT2D eigenvalue weighted by molar-refractivity contribution is 5.78. The molecule has 0 saturated carbocycles. The number of aliphatic carboxylic acids is 1. The molecule has 0 fully saturated rings. The summed E-state index contributed by atoms with van der Waals surface area (Å²) < 4.78 is 18.0. The Bertz CT molecular complexity index is 465. The van der Waals surface area contributed by atoms with Crippen molar-refractivity contribution in [1.29, 1.82) is 0 Å². The van der Waals surface area contributed by atoms with Crippen LogP contribution in [0.15, 0.2) is 24.3 Å². The molecule has 0 spiro atoms. The molecule has 21 heavy (non-hydrogen) atoms. The summed E-state index contributed by atoms with van der Waals surface area (Å²) in [5, 5.41) is 11.2. The van der Waals surface area contributed by atoms with Crippen molar-refractivity contribution in [3.8, 4) is 5.75 Å². The second-order valence-electron chi connectivity index (χ2n) is 4.53. The van der Waals surface area contributed by atoms with Crippen LogP contribution in [-0.4, -0.2) is 55.2 Å². The lowest BCUT2D eigenvalue weighted by molar-refractivity contribution is -0.137. The van der Waals surface area contributed by atoms with Gasteiger partial charge in [-0.3, -0.25) is 14.5 Å². The fourth-order valence-corrected chi connectivity index (χ4v) is 1.56. The normalized spacial score (nSPS) is 10.4. The third-order valence-corrected chi connectivity index (χ3v) is 2.63. The molecular formula is C14H19FN2O4. The lowest BCUT2D eigenvalue weighted by atomic mass is 10.3. The topological polar surface area (TPSA) is 78.9 Å². The van der Waals surface area contributed by atoms with E-state index in [4.69, 9.17) is 9.84 Å². The molecule has 7 heteroatoms. The van der Waals surface area contributed by atoms with Crippen LogP contribution in [0, 0.1) is 5.82 Å². The molecule has 1 rings (SSSR count). The van der Waals surface area contributed by atoms with E-state index in [2.05, 4.69) is 5.32 Å². The highest BCUT2D eigenvalue weighted by Gasteiger charge is 2.07. The summed E-state index contributed by atoms with van der Waals surface area (Å²) in [6, 6.07) is 5.62. The number of carbonyl (C=O) groups is 2. The van der Waals surface area contributed by atoms with Crippen LogP contribution in [0.2, 0.25) is 0 Å². The molecule has 0 aliphatic carbocycles. The molecule has 0 heterocycles. The first-order valence-electron chi connectivity index (χ1n) is 6.53. The Balaban J connectivity index is 2.13. The van der Waals surface area contributed by atoms with E-state index in [1.165, 1.54) is 24.3 Å². The van der Waals surface area contributed by atoms with E-state index < -0.39 is 5.97 Å². The summed E-state index contributed by atoms with van der Waals surface area (Å²) in [5.74, 6) is -0.898. The largest absolute Gasteiger partial charge is 0.492 e. The average Bonchev–Trinajstić information content (AvgIpc) is 2.43. The van der Waals surface area contributed by atoms with E-state index >= 15 is 0 Å². The number of rotatable bonds is 9. The zero-order chi connectivity index (χ0) is 15.7. The van der Waals surface area contributed by atoms with Crippen molar-refractivity contribution in [2.45, 2.75) is 6.42 Å². The molecule has 0 saturated heterocycles. The number of halogens is 1. The Morgan fingerprint density at radius 2 is 2.00 bits per heavy atom. The van der Waals surface area contributed by atoms with Crippen LogP contribution < -0.4 is 10.1 Å². The maximum atomic E-state index is 12.7. The fraction of sp³-hybridized carbons (Fsp3) is 0.429. The van der Waals surface area contributed by atoms with Crippen molar-refractivity contribution in [3.05, 3.63) is 30.1 Å². The number of nitrogens with zero attached hydrogens (tertiary/aromatic N) is 1. The first kappa shape index (κ1) is 16.9. The highest BCUT2D eigenvalue weighted by Crippen LogP contribution is 2.10. The molecule has 0 aliphatic rings. The molecule has 0 unspecified atom stereocenters. The monoisotopic (exact) mass is 298 g/mol. The minimum absolute atomic E-state index is 0.00252. The van der Waals surface area contributed by atoms with Crippen LogP contribution in [-0.2, 0) is 9.59 Å². The van der Waals surface area contributed by atoms with E-state index in [-0.39, 0.29) is 31.3 Å². The maximum Gasteiger partial charge on any atom is 0.304 e. The van der Waals surface area contributed by atoms with Gasteiger partial charge >= 0.3 is 5.97 Å². The Morgan fingerprint density at radius 3 is 2.62 bits per heavy atom. The Labute approximate surface area is 122 Å². The van der Waals surface area contributed by atoms with Crippen molar-refractivity contribution < 1.29 is 23.8 Å². The number of hydrogen-bond donors (Lipinski definition) is 2. The highest BCUT2D eigenvalue weighted by atomic mass is 19.1. The summed E-state index contributed by atoms with van der Waals surface area (Å²) >= 11 is 0. The number of ether oxygens (including phenoxy) is 1. The standard InChI is InChI=1S/C14H19FN2O4/c1-17(8-6-14(19)20)10-13(18)16-7-9-21-12-4-2-11(15)3-5-12/h2-5H,6-10H2,1H3,(H,16,18)(H,19,20). The van der Waals surface area contributed by atoms with Gasteiger partial charge in [0.25, 0.3) is 0 Å². The summed E-state index contributed by atoms with van der Waals surface area (Å²) in [5.41, 5.74) is 0. The number of amides is 1. The SMILES string of the molecule is CN(CCC(=O)O)CC(=O)NCCOc1ccc(F)cc1. The van der Waals surface area contributed by atoms with Crippen LogP contribution in [0.4, 0.5) is 4.39 Å². The Kier molecular flexibility index (Phi) is 7.17. The van der Waals surface area contributed by atoms with Gasteiger partial charge in [-0.15, -0.1) is 0 Å². The molecule has 0 aromatic heterocycles. The summed E-state index contributed by atoms with van der Waals surface area (Å²) in [4.78, 5) is 23.6. The first-order valence-corrected chi connectivity index (χ1v) is 6.53. The van der Waals surface area contributed by atoms with Gasteiger partial charge in [0.15, 0.2) is 0 Å². The minimum Gasteiger partial charge on any atom is -0.492 e. The predicted octanol–water partition coefficient (Wildman–Crippen LogP) is 0.727. The van der Waals surface area contributed by atoms with Gasteiger partial charge in [-0.25, -0.2) is 4.39 Å². The maximum absolute atomic E-state index is 12.7. The molecular weight excluding hydrogens is 279 g/mol. The molecule has 0 atom stereocenters. The van der Waals surface area contributed by atoms with Gasteiger partial charge in [-0.05, 0) is 31.3 Å². The van der Waals surface area contributed by atoms with Crippen molar-refractivity contribution in [2.75, 3.05) is 33.3 Å². The number of nitrogens with one attached hydrogen (secondary N) is 1. The second kappa shape index (κ2) is 8.91. The molecule has 0 radical (unpaired) electrons. The van der Waals surface area contributed by atoms with Crippen molar-refractivity contribution in [1.82, 2.24) is 10.2 Å². The van der Waals surface area contributed by atoms with Gasteiger partial charge in [-0.1, -0.05) is 0 Å². The molecule has 0 aliphatic heterocycles. The number of benzene rings is 1. The first-order chi connectivity index (χ1) is 9.97. The average molecular weight is 298 g/mol. The van der Waals surface area contributed by atoms with Crippen LogP contribution in [0.25, 0.3) is 0 Å². The number of hydrogen-bond acceptors (Lipinski definition) is 4. The summed E-state index contributed by atoms with van der Waals surface area (Å²) in [6.45, 7) is 1.04. The molecule has 6 nitrogen and oxygen atoms in total. The van der Waals surface area contributed by atoms with Gasteiger partial charge in [-0.2, -0.15) is 0 Å². The van der Waals surface area contributed by atoms with Gasteiger partial charge in [0.05, 0.1) is 19.5 Å². The Hall–Kier alpha value is -2.15. The van der Waals surface area contributed by atoms with E-state index in [1.54, 1.807) is 11.9 Å². The number of carbonyl (C=O) groups excluding carboxylic acids is 1. The molecule has 1 amide bonds. The molecule has 1 aromatic carbocycles. The predicted molar refractivity (Wildman–Crippen MR) is 74.7 cm³/mol. The van der Waals surface area contributed by atoms with Gasteiger partial charge < -0.3 is 15.2 Å². The number of carboxylic acids is 1. The smallest absolute Gasteiger partial charge is 0.304 e. The molecule has 116 valence electrons. The third kappa shape index (κ3) is 7.88. The van der Waals surface area contributed by atoms with E-state index in [0.717, 1.165) is 0 Å². The van der Waals surface area contributed by atoms with Crippen LogP contribution >= 0.6 is 0 Å². The van der Waals surface area contributed by atoms with Crippen molar-refractivity contribution in [2.24, 2.45) is 0 Å². The second-order valence-corrected chi connectivity index (χ2v) is 4.53. The number of carboxylic acid groups (broad SMARTS) is 1. The number of likely N-dealkylation sites (N-methyl/N-ethyl adjacent to an activating group) is 1.